The summed E-state index contributed by atoms with van der Waals surface area (Å²) in [5, 5.41) is 2.77. The van der Waals surface area contributed by atoms with E-state index in [-0.39, 0.29) is 23.9 Å². The zero-order valence-electron chi connectivity index (χ0n) is 14.8. The first-order valence-corrected chi connectivity index (χ1v) is 10.2. The Hall–Kier alpha value is -2.58. The fourth-order valence-corrected chi connectivity index (χ4v) is 5.00. The van der Waals surface area contributed by atoms with Crippen molar-refractivity contribution in [1.29, 1.82) is 0 Å². The quantitative estimate of drug-likeness (QED) is 0.864. The third kappa shape index (κ3) is 3.15. The predicted molar refractivity (Wildman–Crippen MR) is 98.3 cm³/mol. The van der Waals surface area contributed by atoms with E-state index in [4.69, 9.17) is 9.47 Å². The second-order valence-corrected chi connectivity index (χ2v) is 8.36. The maximum atomic E-state index is 13.4. The second kappa shape index (κ2) is 6.86. The van der Waals surface area contributed by atoms with Crippen LogP contribution in [0.1, 0.15) is 17.2 Å². The number of rotatable bonds is 3. The highest BCUT2D eigenvalue weighted by Crippen LogP contribution is 2.36. The summed E-state index contributed by atoms with van der Waals surface area (Å²) in [6.07, 6.45) is 0. The van der Waals surface area contributed by atoms with E-state index in [1.165, 1.54) is 16.4 Å². The summed E-state index contributed by atoms with van der Waals surface area (Å²) >= 11 is 0. The zero-order chi connectivity index (χ0) is 19.0. The average Bonchev–Trinajstić information content (AvgIpc) is 2.68. The van der Waals surface area contributed by atoms with Crippen molar-refractivity contribution in [3.8, 4) is 11.5 Å². The predicted octanol–water partition coefficient (Wildman–Crippen LogP) is 1.63. The summed E-state index contributed by atoms with van der Waals surface area (Å²) in [5.74, 6) is 0.597. The second-order valence-electron chi connectivity index (χ2n) is 6.47. The van der Waals surface area contributed by atoms with Gasteiger partial charge in [0.1, 0.15) is 19.3 Å². The highest BCUT2D eigenvalue weighted by molar-refractivity contribution is 7.89. The van der Waals surface area contributed by atoms with Gasteiger partial charge in [-0.25, -0.2) is 8.42 Å². The van der Waals surface area contributed by atoms with Crippen molar-refractivity contribution in [1.82, 2.24) is 9.62 Å². The molecule has 2 aliphatic heterocycles. The summed E-state index contributed by atoms with van der Waals surface area (Å²) in [7, 11) is -3.91. The minimum absolute atomic E-state index is 0.0834. The van der Waals surface area contributed by atoms with Crippen molar-refractivity contribution in [3.05, 3.63) is 53.6 Å². The zero-order valence-corrected chi connectivity index (χ0v) is 15.7. The number of ether oxygens (including phenoxy) is 2. The number of sulfonamides is 1. The maximum Gasteiger partial charge on any atom is 0.244 e. The Morgan fingerprint density at radius 3 is 2.59 bits per heavy atom. The molecule has 0 spiro atoms. The Morgan fingerprint density at radius 1 is 1.07 bits per heavy atom. The normalized spacial score (nSPS) is 20.2. The van der Waals surface area contributed by atoms with Crippen LogP contribution >= 0.6 is 0 Å². The van der Waals surface area contributed by atoms with Gasteiger partial charge in [0.25, 0.3) is 0 Å². The SMILES string of the molecule is Cc1ccccc1C1C(=O)NCCN1S(=O)(=O)c1ccc2c(c1)OCCO2. The molecule has 7 nitrogen and oxygen atoms in total. The van der Waals surface area contributed by atoms with Gasteiger partial charge in [-0.15, -0.1) is 0 Å². The highest BCUT2D eigenvalue weighted by Gasteiger charge is 2.40. The molecule has 27 heavy (non-hydrogen) atoms. The summed E-state index contributed by atoms with van der Waals surface area (Å²) in [5.41, 5.74) is 1.54. The van der Waals surface area contributed by atoms with Crippen molar-refractivity contribution < 1.29 is 22.7 Å². The number of fused-ring (bicyclic) bond motifs is 1. The highest BCUT2D eigenvalue weighted by atomic mass is 32.2. The van der Waals surface area contributed by atoms with Crippen LogP contribution in [0.4, 0.5) is 0 Å². The van der Waals surface area contributed by atoms with E-state index < -0.39 is 16.1 Å². The van der Waals surface area contributed by atoms with E-state index in [0.29, 0.717) is 30.3 Å². The van der Waals surface area contributed by atoms with Crippen LogP contribution in [0.25, 0.3) is 0 Å². The molecule has 1 unspecified atom stereocenters. The van der Waals surface area contributed by atoms with Crippen LogP contribution in [0.15, 0.2) is 47.4 Å². The van der Waals surface area contributed by atoms with Gasteiger partial charge in [0.15, 0.2) is 11.5 Å². The van der Waals surface area contributed by atoms with Crippen LogP contribution in [0, 0.1) is 6.92 Å². The van der Waals surface area contributed by atoms with Gasteiger partial charge in [0.2, 0.25) is 15.9 Å². The monoisotopic (exact) mass is 388 g/mol. The Balaban J connectivity index is 1.77. The van der Waals surface area contributed by atoms with Crippen LogP contribution in [-0.2, 0) is 14.8 Å². The summed E-state index contributed by atoms with van der Waals surface area (Å²) in [6, 6.07) is 11.0. The molecule has 4 rings (SSSR count). The first kappa shape index (κ1) is 17.8. The van der Waals surface area contributed by atoms with Crippen molar-refractivity contribution in [2.75, 3.05) is 26.3 Å². The number of amides is 1. The molecule has 2 aromatic carbocycles. The molecule has 1 N–H and O–H groups in total. The Labute approximate surface area is 157 Å². The number of nitrogens with one attached hydrogen (secondary N) is 1. The largest absolute Gasteiger partial charge is 0.486 e. The lowest BCUT2D eigenvalue weighted by molar-refractivity contribution is -0.126. The number of carbonyl (C=O) groups is 1. The number of hydrogen-bond donors (Lipinski definition) is 1. The molecule has 0 radical (unpaired) electrons. The summed E-state index contributed by atoms with van der Waals surface area (Å²) < 4.78 is 39.0. The molecule has 1 amide bonds. The van der Waals surface area contributed by atoms with E-state index in [1.807, 2.05) is 19.1 Å². The minimum Gasteiger partial charge on any atom is -0.486 e. The fraction of sp³-hybridized carbons (Fsp3) is 0.316. The molecule has 0 saturated carbocycles. The number of hydrogen-bond acceptors (Lipinski definition) is 5. The van der Waals surface area contributed by atoms with E-state index in [9.17, 15) is 13.2 Å². The number of aryl methyl sites for hydroxylation is 1. The van der Waals surface area contributed by atoms with Gasteiger partial charge in [0, 0.05) is 19.2 Å². The lowest BCUT2D eigenvalue weighted by Gasteiger charge is -2.35. The Bertz CT molecular complexity index is 989. The van der Waals surface area contributed by atoms with E-state index in [0.717, 1.165) is 5.56 Å². The molecule has 1 atom stereocenters. The van der Waals surface area contributed by atoms with Gasteiger partial charge < -0.3 is 14.8 Å². The first-order chi connectivity index (χ1) is 13.0. The molecule has 1 fully saturated rings. The molecule has 1 saturated heterocycles. The van der Waals surface area contributed by atoms with Crippen LogP contribution in [0.3, 0.4) is 0 Å². The van der Waals surface area contributed by atoms with E-state index >= 15 is 0 Å². The van der Waals surface area contributed by atoms with E-state index in [1.54, 1.807) is 18.2 Å². The van der Waals surface area contributed by atoms with Crippen molar-refractivity contribution in [2.45, 2.75) is 17.9 Å². The smallest absolute Gasteiger partial charge is 0.244 e. The maximum absolute atomic E-state index is 13.4. The van der Waals surface area contributed by atoms with Gasteiger partial charge in [-0.1, -0.05) is 24.3 Å². The molecule has 142 valence electrons. The summed E-state index contributed by atoms with van der Waals surface area (Å²) in [4.78, 5) is 12.7. The van der Waals surface area contributed by atoms with E-state index in [2.05, 4.69) is 5.32 Å². The standard InChI is InChI=1S/C19H20N2O5S/c1-13-4-2-3-5-15(13)18-19(22)20-8-9-21(18)27(23,24)14-6-7-16-17(12-14)26-11-10-25-16/h2-7,12,18H,8-11H2,1H3,(H,20,22). The fourth-order valence-electron chi connectivity index (χ4n) is 3.41. The molecule has 0 aliphatic carbocycles. The third-order valence-corrected chi connectivity index (χ3v) is 6.63. The van der Waals surface area contributed by atoms with Gasteiger partial charge in [0.05, 0.1) is 4.90 Å². The van der Waals surface area contributed by atoms with Crippen molar-refractivity contribution in [3.63, 3.8) is 0 Å². The number of piperazine rings is 1. The average molecular weight is 388 g/mol. The Kier molecular flexibility index (Phi) is 4.53. The molecule has 2 aliphatic rings. The topological polar surface area (TPSA) is 84.9 Å². The molecule has 0 aromatic heterocycles. The number of nitrogens with zero attached hydrogens (tertiary/aromatic N) is 1. The lowest BCUT2D eigenvalue weighted by Crippen LogP contribution is -2.52. The van der Waals surface area contributed by atoms with Gasteiger partial charge >= 0.3 is 0 Å². The number of benzene rings is 2. The Morgan fingerprint density at radius 2 is 1.81 bits per heavy atom. The van der Waals surface area contributed by atoms with Crippen LogP contribution < -0.4 is 14.8 Å². The van der Waals surface area contributed by atoms with Gasteiger partial charge in [-0.3, -0.25) is 4.79 Å². The van der Waals surface area contributed by atoms with Crippen molar-refractivity contribution >= 4 is 15.9 Å². The first-order valence-electron chi connectivity index (χ1n) is 8.73. The van der Waals surface area contributed by atoms with Gasteiger partial charge in [-0.05, 0) is 30.2 Å². The summed E-state index contributed by atoms with van der Waals surface area (Å²) in [6.45, 7) is 3.13. The minimum atomic E-state index is -3.91. The molecule has 8 heteroatoms. The molecule has 2 heterocycles. The van der Waals surface area contributed by atoms with Crippen LogP contribution in [0.2, 0.25) is 0 Å². The van der Waals surface area contributed by atoms with Crippen molar-refractivity contribution in [2.24, 2.45) is 0 Å². The molecular weight excluding hydrogens is 368 g/mol. The molecular formula is C19H20N2O5S. The van der Waals surface area contributed by atoms with Gasteiger partial charge in [-0.2, -0.15) is 4.31 Å². The third-order valence-electron chi connectivity index (χ3n) is 4.77. The molecule has 0 bridgehead atoms. The van der Waals surface area contributed by atoms with Crippen LogP contribution in [-0.4, -0.2) is 44.9 Å². The number of carbonyl (C=O) groups excluding carboxylic acids is 1. The van der Waals surface area contributed by atoms with Crippen LogP contribution in [0.5, 0.6) is 11.5 Å². The lowest BCUT2D eigenvalue weighted by atomic mass is 9.99. The molecule has 2 aromatic rings.